The van der Waals surface area contributed by atoms with Crippen LogP contribution in [0.25, 0.3) is 0 Å². The number of methoxy groups -OCH3 is 1. The standard InChI is InChI=1S/C12H17N3O4/c1-3-4-9(11(16)17)15-12(18)14-8-5-6-10(19-2)13-7-8/h5-7,9H,3-4H2,1-2H3,(H,16,17)(H2,14,15,18). The molecule has 0 aliphatic heterocycles. The summed E-state index contributed by atoms with van der Waals surface area (Å²) in [6, 6.07) is 1.74. The van der Waals surface area contributed by atoms with Gasteiger partial charge in [0.05, 0.1) is 19.0 Å². The van der Waals surface area contributed by atoms with E-state index in [0.717, 1.165) is 0 Å². The summed E-state index contributed by atoms with van der Waals surface area (Å²) in [6.07, 6.45) is 2.47. The second kappa shape index (κ2) is 7.20. The third kappa shape index (κ3) is 4.82. The van der Waals surface area contributed by atoms with Crippen LogP contribution < -0.4 is 15.4 Å². The van der Waals surface area contributed by atoms with Crippen molar-refractivity contribution in [3.8, 4) is 5.88 Å². The molecule has 3 N–H and O–H groups in total. The van der Waals surface area contributed by atoms with E-state index in [-0.39, 0.29) is 0 Å². The second-order valence-corrected chi connectivity index (χ2v) is 3.87. The van der Waals surface area contributed by atoms with Crippen LogP contribution in [0.3, 0.4) is 0 Å². The van der Waals surface area contributed by atoms with Gasteiger partial charge in [0, 0.05) is 6.07 Å². The quantitative estimate of drug-likeness (QED) is 0.724. The number of ether oxygens (including phenoxy) is 1. The summed E-state index contributed by atoms with van der Waals surface area (Å²) in [5.41, 5.74) is 0.457. The highest BCUT2D eigenvalue weighted by Gasteiger charge is 2.18. The van der Waals surface area contributed by atoms with Crippen molar-refractivity contribution in [1.82, 2.24) is 10.3 Å². The van der Waals surface area contributed by atoms with E-state index < -0.39 is 18.0 Å². The predicted molar refractivity (Wildman–Crippen MR) is 69.3 cm³/mol. The number of pyridine rings is 1. The van der Waals surface area contributed by atoms with Crippen LogP contribution in [0, 0.1) is 0 Å². The molecule has 1 unspecified atom stereocenters. The lowest BCUT2D eigenvalue weighted by atomic mass is 10.2. The lowest BCUT2D eigenvalue weighted by molar-refractivity contribution is -0.139. The summed E-state index contributed by atoms with van der Waals surface area (Å²) in [6.45, 7) is 1.85. The van der Waals surface area contributed by atoms with Crippen molar-refractivity contribution in [2.24, 2.45) is 0 Å². The van der Waals surface area contributed by atoms with Crippen molar-refractivity contribution in [1.29, 1.82) is 0 Å². The van der Waals surface area contributed by atoms with Crippen LogP contribution in [-0.4, -0.2) is 35.2 Å². The minimum Gasteiger partial charge on any atom is -0.481 e. The number of rotatable bonds is 6. The van der Waals surface area contributed by atoms with Crippen molar-refractivity contribution in [2.45, 2.75) is 25.8 Å². The lowest BCUT2D eigenvalue weighted by Crippen LogP contribution is -2.42. The Balaban J connectivity index is 2.55. The van der Waals surface area contributed by atoms with E-state index in [1.54, 1.807) is 12.1 Å². The molecule has 0 aliphatic rings. The van der Waals surface area contributed by atoms with Gasteiger partial charge in [0.25, 0.3) is 0 Å². The zero-order chi connectivity index (χ0) is 14.3. The third-order valence-electron chi connectivity index (χ3n) is 2.38. The molecule has 0 aliphatic carbocycles. The lowest BCUT2D eigenvalue weighted by Gasteiger charge is -2.14. The predicted octanol–water partition coefficient (Wildman–Crippen LogP) is 1.46. The maximum atomic E-state index is 11.6. The summed E-state index contributed by atoms with van der Waals surface area (Å²) < 4.78 is 4.88. The van der Waals surface area contributed by atoms with Crippen LogP contribution >= 0.6 is 0 Å². The van der Waals surface area contributed by atoms with Gasteiger partial charge < -0.3 is 20.5 Å². The van der Waals surface area contributed by atoms with Gasteiger partial charge in [-0.3, -0.25) is 0 Å². The molecule has 1 rings (SSSR count). The van der Waals surface area contributed by atoms with Gasteiger partial charge in [-0.1, -0.05) is 13.3 Å². The Kier molecular flexibility index (Phi) is 5.59. The number of carboxylic acid groups (broad SMARTS) is 1. The largest absolute Gasteiger partial charge is 0.481 e. The third-order valence-corrected chi connectivity index (χ3v) is 2.38. The number of carboxylic acids is 1. The summed E-state index contributed by atoms with van der Waals surface area (Å²) >= 11 is 0. The number of carbonyl (C=O) groups excluding carboxylic acids is 1. The second-order valence-electron chi connectivity index (χ2n) is 3.87. The monoisotopic (exact) mass is 267 g/mol. The van der Waals surface area contributed by atoms with Crippen molar-refractivity contribution < 1.29 is 19.4 Å². The maximum absolute atomic E-state index is 11.6. The zero-order valence-electron chi connectivity index (χ0n) is 10.8. The molecule has 0 radical (unpaired) electrons. The zero-order valence-corrected chi connectivity index (χ0v) is 10.8. The van der Waals surface area contributed by atoms with Crippen LogP contribution in [0.5, 0.6) is 5.88 Å². The van der Waals surface area contributed by atoms with Crippen molar-refractivity contribution in [2.75, 3.05) is 12.4 Å². The number of carbonyl (C=O) groups is 2. The molecule has 7 heteroatoms. The average Bonchev–Trinajstić information content (AvgIpc) is 2.39. The number of aromatic nitrogens is 1. The molecule has 0 saturated carbocycles. The van der Waals surface area contributed by atoms with Crippen LogP contribution in [0.15, 0.2) is 18.3 Å². The first kappa shape index (κ1) is 14.7. The number of anilines is 1. The van der Waals surface area contributed by atoms with Crippen molar-refractivity contribution in [3.05, 3.63) is 18.3 Å². The van der Waals surface area contributed by atoms with E-state index >= 15 is 0 Å². The summed E-state index contributed by atoms with van der Waals surface area (Å²) in [4.78, 5) is 26.4. The Bertz CT molecular complexity index is 433. The van der Waals surface area contributed by atoms with Gasteiger partial charge in [0.2, 0.25) is 5.88 Å². The molecule has 0 aromatic carbocycles. The first-order valence-corrected chi connectivity index (χ1v) is 5.87. The summed E-state index contributed by atoms with van der Waals surface area (Å²) in [5.74, 6) is -0.620. The Hall–Kier alpha value is -2.31. The topological polar surface area (TPSA) is 101 Å². The Morgan fingerprint density at radius 2 is 2.21 bits per heavy atom. The summed E-state index contributed by atoms with van der Waals surface area (Å²) in [5, 5.41) is 13.8. The van der Waals surface area contributed by atoms with Crippen LogP contribution in [0.1, 0.15) is 19.8 Å². The molecule has 0 bridgehead atoms. The fourth-order valence-electron chi connectivity index (χ4n) is 1.45. The molecule has 1 aromatic heterocycles. The van der Waals surface area contributed by atoms with Gasteiger partial charge in [-0.05, 0) is 12.5 Å². The highest BCUT2D eigenvalue weighted by molar-refractivity contribution is 5.92. The van der Waals surface area contributed by atoms with E-state index in [9.17, 15) is 9.59 Å². The number of nitrogens with one attached hydrogen (secondary N) is 2. The molecule has 7 nitrogen and oxygen atoms in total. The van der Waals surface area contributed by atoms with Gasteiger partial charge in [0.1, 0.15) is 6.04 Å². The first-order valence-electron chi connectivity index (χ1n) is 5.87. The fourth-order valence-corrected chi connectivity index (χ4v) is 1.45. The van der Waals surface area contributed by atoms with Crippen LogP contribution in [0.2, 0.25) is 0 Å². The van der Waals surface area contributed by atoms with Gasteiger partial charge in [-0.25, -0.2) is 14.6 Å². The molecule has 19 heavy (non-hydrogen) atoms. The molecule has 1 heterocycles. The number of hydrogen-bond donors (Lipinski definition) is 3. The highest BCUT2D eigenvalue weighted by Crippen LogP contribution is 2.10. The number of hydrogen-bond acceptors (Lipinski definition) is 4. The van der Waals surface area contributed by atoms with E-state index in [2.05, 4.69) is 15.6 Å². The maximum Gasteiger partial charge on any atom is 0.326 e. The van der Waals surface area contributed by atoms with E-state index in [1.165, 1.54) is 13.3 Å². The number of urea groups is 1. The molecule has 0 fully saturated rings. The van der Waals surface area contributed by atoms with Crippen molar-refractivity contribution in [3.63, 3.8) is 0 Å². The number of amides is 2. The Morgan fingerprint density at radius 1 is 1.47 bits per heavy atom. The Morgan fingerprint density at radius 3 is 2.68 bits per heavy atom. The Labute approximate surface area is 111 Å². The van der Waals surface area contributed by atoms with Gasteiger partial charge in [-0.15, -0.1) is 0 Å². The highest BCUT2D eigenvalue weighted by atomic mass is 16.5. The van der Waals surface area contributed by atoms with Gasteiger partial charge in [0.15, 0.2) is 0 Å². The minimum atomic E-state index is -1.05. The molecular formula is C12H17N3O4. The number of aliphatic carboxylic acids is 1. The fraction of sp³-hybridized carbons (Fsp3) is 0.417. The molecule has 2 amide bonds. The molecule has 1 aromatic rings. The van der Waals surface area contributed by atoms with Crippen LogP contribution in [-0.2, 0) is 4.79 Å². The van der Waals surface area contributed by atoms with E-state index in [4.69, 9.17) is 9.84 Å². The molecule has 104 valence electrons. The van der Waals surface area contributed by atoms with E-state index in [0.29, 0.717) is 24.4 Å². The normalized spacial score (nSPS) is 11.5. The minimum absolute atomic E-state index is 0.379. The molecular weight excluding hydrogens is 250 g/mol. The van der Waals surface area contributed by atoms with Gasteiger partial charge in [-0.2, -0.15) is 0 Å². The average molecular weight is 267 g/mol. The van der Waals surface area contributed by atoms with Crippen LogP contribution in [0.4, 0.5) is 10.5 Å². The van der Waals surface area contributed by atoms with Gasteiger partial charge >= 0.3 is 12.0 Å². The van der Waals surface area contributed by atoms with E-state index in [1.807, 2.05) is 6.92 Å². The molecule has 0 saturated heterocycles. The summed E-state index contributed by atoms with van der Waals surface area (Å²) in [7, 11) is 1.49. The molecule has 0 spiro atoms. The van der Waals surface area contributed by atoms with Crippen molar-refractivity contribution >= 4 is 17.7 Å². The SMILES string of the molecule is CCCC(NC(=O)Nc1ccc(OC)nc1)C(=O)O. The first-order chi connectivity index (χ1) is 9.06. The molecule has 1 atom stereocenters. The smallest absolute Gasteiger partial charge is 0.326 e. The number of nitrogens with zero attached hydrogens (tertiary/aromatic N) is 1.